The zero-order valence-electron chi connectivity index (χ0n) is 13.3. The molecule has 0 aromatic heterocycles. The van der Waals surface area contributed by atoms with Gasteiger partial charge in [-0.15, -0.1) is 0 Å². The molecule has 1 amide bonds. The third kappa shape index (κ3) is 12.6. The Kier molecular flexibility index (Phi) is 7.35. The van der Waals surface area contributed by atoms with E-state index in [0.29, 0.717) is 11.0 Å². The predicted molar refractivity (Wildman–Crippen MR) is 74.9 cm³/mol. The summed E-state index contributed by atoms with van der Waals surface area (Å²) in [6.45, 7) is 5.92. The summed E-state index contributed by atoms with van der Waals surface area (Å²) < 4.78 is 21.4. The van der Waals surface area contributed by atoms with Crippen LogP contribution in [0.2, 0.25) is 0 Å². The third-order valence-corrected chi connectivity index (χ3v) is 3.10. The van der Waals surface area contributed by atoms with Crippen LogP contribution in [0.4, 0.5) is 0 Å². The average Bonchev–Trinajstić information content (AvgIpc) is 2.10. The molecule has 0 aliphatic heterocycles. The zero-order valence-corrected chi connectivity index (χ0v) is 14.2. The molecule has 1 N–H and O–H groups in total. The number of carbonyl (C=O) groups is 1. The molecule has 0 rings (SSSR count). The van der Waals surface area contributed by atoms with Gasteiger partial charge >= 0.3 is 0 Å². The number of phosphoric ester groups is 1. The van der Waals surface area contributed by atoms with Gasteiger partial charge in [-0.2, -0.15) is 0 Å². The summed E-state index contributed by atoms with van der Waals surface area (Å²) in [4.78, 5) is 22.9. The Morgan fingerprint density at radius 3 is 2.15 bits per heavy atom. The van der Waals surface area contributed by atoms with Crippen LogP contribution >= 0.6 is 7.82 Å². The highest BCUT2D eigenvalue weighted by Crippen LogP contribution is 2.38. The lowest BCUT2D eigenvalue weighted by Crippen LogP contribution is -2.40. The monoisotopic (exact) mass is 310 g/mol. The molecular weight excluding hydrogens is 283 g/mol. The zero-order chi connectivity index (χ0) is 16.0. The largest absolute Gasteiger partial charge is 0.756 e. The Morgan fingerprint density at radius 1 is 1.20 bits per heavy atom. The number of carbonyl (C=O) groups excluding carboxylic acids is 1. The van der Waals surface area contributed by atoms with Crippen molar-refractivity contribution < 1.29 is 27.8 Å². The van der Waals surface area contributed by atoms with Gasteiger partial charge in [0.2, 0.25) is 5.91 Å². The molecule has 0 fully saturated rings. The van der Waals surface area contributed by atoms with Crippen LogP contribution in [0.5, 0.6) is 0 Å². The molecule has 8 heteroatoms. The minimum absolute atomic E-state index is 0.0256. The van der Waals surface area contributed by atoms with Gasteiger partial charge in [-0.3, -0.25) is 9.36 Å². The molecule has 0 saturated heterocycles. The molecule has 0 saturated carbocycles. The molecule has 1 unspecified atom stereocenters. The summed E-state index contributed by atoms with van der Waals surface area (Å²) >= 11 is 0. The van der Waals surface area contributed by atoms with Crippen molar-refractivity contribution in [3.8, 4) is 0 Å². The standard InChI is InChI=1S/C12H27N2O5P/c1-12(2,3)13-11(15)7-9-18-20(16,17)19-10-8-14(4,5)6/h7-10H2,1-6H3,(H-,13,15,16,17). The van der Waals surface area contributed by atoms with Crippen molar-refractivity contribution in [1.82, 2.24) is 5.32 Å². The van der Waals surface area contributed by atoms with Crippen molar-refractivity contribution in [2.24, 2.45) is 0 Å². The van der Waals surface area contributed by atoms with Gasteiger partial charge < -0.3 is 23.7 Å². The summed E-state index contributed by atoms with van der Waals surface area (Å²) in [5.41, 5.74) is -0.348. The number of rotatable bonds is 8. The van der Waals surface area contributed by atoms with Crippen LogP contribution in [0.15, 0.2) is 0 Å². The lowest BCUT2D eigenvalue weighted by molar-refractivity contribution is -0.870. The number of quaternary nitrogens is 1. The van der Waals surface area contributed by atoms with Crippen LogP contribution in [0, 0.1) is 0 Å². The molecule has 7 nitrogen and oxygen atoms in total. The van der Waals surface area contributed by atoms with Crippen molar-refractivity contribution in [3.63, 3.8) is 0 Å². The molecule has 120 valence electrons. The van der Waals surface area contributed by atoms with E-state index in [4.69, 9.17) is 4.52 Å². The highest BCUT2D eigenvalue weighted by Gasteiger charge is 2.16. The fourth-order valence-corrected chi connectivity index (χ4v) is 1.89. The topological polar surface area (TPSA) is 87.7 Å². The highest BCUT2D eigenvalue weighted by atomic mass is 31.2. The van der Waals surface area contributed by atoms with Crippen molar-refractivity contribution in [2.45, 2.75) is 32.7 Å². The van der Waals surface area contributed by atoms with Crippen LogP contribution in [0.1, 0.15) is 27.2 Å². The Hall–Kier alpha value is -0.460. The van der Waals surface area contributed by atoms with Gasteiger partial charge in [-0.25, -0.2) is 0 Å². The maximum absolute atomic E-state index is 11.5. The van der Waals surface area contributed by atoms with E-state index in [2.05, 4.69) is 9.84 Å². The van der Waals surface area contributed by atoms with E-state index in [1.165, 1.54) is 0 Å². The van der Waals surface area contributed by atoms with Crippen molar-refractivity contribution in [3.05, 3.63) is 0 Å². The summed E-state index contributed by atoms with van der Waals surface area (Å²) in [5.74, 6) is -0.260. The quantitative estimate of drug-likeness (QED) is 0.521. The summed E-state index contributed by atoms with van der Waals surface area (Å²) in [5, 5.41) is 2.71. The summed E-state index contributed by atoms with van der Waals surface area (Å²) in [6.07, 6.45) is -0.0256. The first-order chi connectivity index (χ1) is 8.81. The van der Waals surface area contributed by atoms with Gasteiger partial charge in [-0.05, 0) is 20.8 Å². The van der Waals surface area contributed by atoms with Gasteiger partial charge in [0, 0.05) is 5.54 Å². The number of phosphoric acid groups is 1. The lowest BCUT2D eigenvalue weighted by atomic mass is 10.1. The molecule has 0 bridgehead atoms. The molecule has 0 radical (unpaired) electrons. The Morgan fingerprint density at radius 2 is 1.70 bits per heavy atom. The number of amides is 1. The number of nitrogens with zero attached hydrogens (tertiary/aromatic N) is 1. The fourth-order valence-electron chi connectivity index (χ4n) is 1.19. The Balaban J connectivity index is 3.94. The Labute approximate surface area is 121 Å². The van der Waals surface area contributed by atoms with Crippen LogP contribution < -0.4 is 10.2 Å². The second-order valence-electron chi connectivity index (χ2n) is 6.68. The second-order valence-corrected chi connectivity index (χ2v) is 8.09. The number of hydrogen-bond acceptors (Lipinski definition) is 5. The van der Waals surface area contributed by atoms with E-state index in [1.54, 1.807) is 0 Å². The molecule has 0 spiro atoms. The van der Waals surface area contributed by atoms with Crippen LogP contribution in [-0.2, 0) is 18.4 Å². The molecule has 0 aliphatic rings. The first kappa shape index (κ1) is 19.5. The number of hydrogen-bond donors (Lipinski definition) is 1. The SMILES string of the molecule is CC(C)(C)NC(=O)CCOP(=O)([O-])OCC[N+](C)(C)C. The van der Waals surface area contributed by atoms with Crippen LogP contribution in [0.3, 0.4) is 0 Å². The summed E-state index contributed by atoms with van der Waals surface area (Å²) in [7, 11) is 1.46. The molecule has 1 atom stereocenters. The van der Waals surface area contributed by atoms with E-state index in [0.717, 1.165) is 0 Å². The van der Waals surface area contributed by atoms with E-state index < -0.39 is 7.82 Å². The smallest absolute Gasteiger partial charge is 0.268 e. The molecular formula is C12H27N2O5P. The first-order valence-corrected chi connectivity index (χ1v) is 7.98. The normalized spacial score (nSPS) is 15.8. The van der Waals surface area contributed by atoms with Gasteiger partial charge in [0.1, 0.15) is 13.2 Å². The maximum atomic E-state index is 11.5. The van der Waals surface area contributed by atoms with Crippen molar-refractivity contribution in [1.29, 1.82) is 0 Å². The van der Waals surface area contributed by atoms with E-state index in [-0.39, 0.29) is 31.1 Å². The number of likely N-dealkylation sites (N-methyl/N-ethyl adjacent to an activating group) is 1. The van der Waals surface area contributed by atoms with Crippen molar-refractivity contribution >= 4 is 13.7 Å². The van der Waals surface area contributed by atoms with E-state index in [1.807, 2.05) is 41.9 Å². The second kappa shape index (κ2) is 7.52. The highest BCUT2D eigenvalue weighted by molar-refractivity contribution is 7.45. The van der Waals surface area contributed by atoms with E-state index in [9.17, 15) is 14.3 Å². The molecule has 0 aromatic rings. The van der Waals surface area contributed by atoms with Crippen LogP contribution in [0.25, 0.3) is 0 Å². The molecule has 0 aromatic carbocycles. The predicted octanol–water partition coefficient (Wildman–Crippen LogP) is 0.499. The van der Waals surface area contributed by atoms with Gasteiger partial charge in [0.05, 0.1) is 34.2 Å². The van der Waals surface area contributed by atoms with Crippen LogP contribution in [-0.4, -0.2) is 56.8 Å². The Bertz CT molecular complexity index is 360. The van der Waals surface area contributed by atoms with Gasteiger partial charge in [0.15, 0.2) is 0 Å². The average molecular weight is 310 g/mol. The minimum Gasteiger partial charge on any atom is -0.756 e. The lowest BCUT2D eigenvalue weighted by Gasteiger charge is -2.27. The van der Waals surface area contributed by atoms with Gasteiger partial charge in [0.25, 0.3) is 7.82 Å². The van der Waals surface area contributed by atoms with E-state index >= 15 is 0 Å². The molecule has 20 heavy (non-hydrogen) atoms. The third-order valence-electron chi connectivity index (χ3n) is 2.10. The molecule has 0 heterocycles. The van der Waals surface area contributed by atoms with Gasteiger partial charge in [-0.1, -0.05) is 0 Å². The number of nitrogens with one attached hydrogen (secondary N) is 1. The first-order valence-electron chi connectivity index (χ1n) is 6.52. The van der Waals surface area contributed by atoms with Crippen molar-refractivity contribution in [2.75, 3.05) is 40.9 Å². The maximum Gasteiger partial charge on any atom is 0.268 e. The molecule has 0 aliphatic carbocycles. The minimum atomic E-state index is -4.33. The fraction of sp³-hybridized carbons (Fsp3) is 0.917. The summed E-state index contributed by atoms with van der Waals surface area (Å²) in [6, 6.07) is 0.